The Morgan fingerprint density at radius 3 is 2.65 bits per heavy atom. The largest absolute Gasteiger partial charge is 0.389 e. The van der Waals surface area contributed by atoms with Crippen molar-refractivity contribution in [2.24, 2.45) is 5.73 Å². The molecular weight excluding hydrogens is 228 g/mol. The van der Waals surface area contributed by atoms with Crippen molar-refractivity contribution in [1.29, 1.82) is 0 Å². The summed E-state index contributed by atoms with van der Waals surface area (Å²) in [6.07, 6.45) is 4.95. The smallest absolute Gasteiger partial charge is 0.106 e. The maximum absolute atomic E-state index is 5.78. The molecule has 1 aromatic rings. The highest BCUT2D eigenvalue weighted by molar-refractivity contribution is 7.80. The molecule has 1 aromatic carbocycles. The van der Waals surface area contributed by atoms with Crippen LogP contribution in [0.15, 0.2) is 18.2 Å². The molecule has 0 aliphatic heterocycles. The van der Waals surface area contributed by atoms with Gasteiger partial charge in [-0.2, -0.15) is 0 Å². The van der Waals surface area contributed by atoms with E-state index in [9.17, 15) is 0 Å². The first-order chi connectivity index (χ1) is 8.06. The van der Waals surface area contributed by atoms with Crippen LogP contribution in [-0.4, -0.2) is 10.5 Å². The van der Waals surface area contributed by atoms with E-state index in [1.807, 2.05) is 6.07 Å². The topological polar surface area (TPSA) is 38.0 Å². The second-order valence-electron chi connectivity index (χ2n) is 5.03. The molecule has 0 amide bonds. The highest BCUT2D eigenvalue weighted by Gasteiger charge is 2.35. The quantitative estimate of drug-likeness (QED) is 0.802. The summed E-state index contributed by atoms with van der Waals surface area (Å²) in [5, 5.41) is 3.66. The third-order valence-corrected chi connectivity index (χ3v) is 4.05. The molecule has 0 saturated heterocycles. The zero-order chi connectivity index (χ0) is 12.5. The first kappa shape index (κ1) is 12.4. The summed E-state index contributed by atoms with van der Waals surface area (Å²) in [6, 6.07) is 6.21. The molecule has 1 aliphatic carbocycles. The molecule has 92 valence electrons. The van der Waals surface area contributed by atoms with E-state index in [1.165, 1.54) is 24.8 Å². The monoisotopic (exact) mass is 248 g/mol. The Morgan fingerprint density at radius 1 is 1.47 bits per heavy atom. The predicted octanol–water partition coefficient (Wildman–Crippen LogP) is 3.37. The summed E-state index contributed by atoms with van der Waals surface area (Å²) >= 11 is 5.11. The summed E-state index contributed by atoms with van der Waals surface area (Å²) < 4.78 is 0. The average Bonchev–Trinajstić information content (AvgIpc) is 2.23. The minimum absolute atomic E-state index is 0.271. The Balaban J connectivity index is 2.30. The SMILES string of the molecule is CCC1(Nc2cc(C)ccc2C(N)=S)CCC1. The molecule has 3 N–H and O–H groups in total. The van der Waals surface area contributed by atoms with E-state index in [0.29, 0.717) is 4.99 Å². The van der Waals surface area contributed by atoms with Gasteiger partial charge in [0.1, 0.15) is 4.99 Å². The molecule has 0 heterocycles. The molecule has 0 bridgehead atoms. The summed E-state index contributed by atoms with van der Waals surface area (Å²) in [5.41, 5.74) is 9.34. The molecule has 2 nitrogen and oxygen atoms in total. The first-order valence-corrected chi connectivity index (χ1v) is 6.66. The summed E-state index contributed by atoms with van der Waals surface area (Å²) in [6.45, 7) is 4.33. The van der Waals surface area contributed by atoms with Gasteiger partial charge in [0.2, 0.25) is 0 Å². The molecule has 1 saturated carbocycles. The van der Waals surface area contributed by atoms with E-state index < -0.39 is 0 Å². The van der Waals surface area contributed by atoms with Gasteiger partial charge in [0.05, 0.1) is 0 Å². The minimum Gasteiger partial charge on any atom is -0.389 e. The van der Waals surface area contributed by atoms with Crippen LogP contribution in [0.4, 0.5) is 5.69 Å². The fourth-order valence-electron chi connectivity index (χ4n) is 2.43. The number of thiocarbonyl (C=S) groups is 1. The first-order valence-electron chi connectivity index (χ1n) is 6.25. The Labute approximate surface area is 109 Å². The zero-order valence-electron chi connectivity index (χ0n) is 10.5. The van der Waals surface area contributed by atoms with Gasteiger partial charge < -0.3 is 11.1 Å². The van der Waals surface area contributed by atoms with Crippen LogP contribution in [0.2, 0.25) is 0 Å². The summed E-state index contributed by atoms with van der Waals surface area (Å²) in [7, 11) is 0. The van der Waals surface area contributed by atoms with Crippen LogP contribution in [-0.2, 0) is 0 Å². The van der Waals surface area contributed by atoms with Gasteiger partial charge in [-0.3, -0.25) is 0 Å². The van der Waals surface area contributed by atoms with Crippen molar-refractivity contribution < 1.29 is 0 Å². The van der Waals surface area contributed by atoms with Crippen molar-refractivity contribution in [2.75, 3.05) is 5.32 Å². The Hall–Kier alpha value is -1.09. The minimum atomic E-state index is 0.271. The van der Waals surface area contributed by atoms with Crippen molar-refractivity contribution in [2.45, 2.75) is 45.1 Å². The van der Waals surface area contributed by atoms with Crippen LogP contribution < -0.4 is 11.1 Å². The maximum Gasteiger partial charge on any atom is 0.106 e. The van der Waals surface area contributed by atoms with Crippen molar-refractivity contribution >= 4 is 22.9 Å². The number of nitrogens with one attached hydrogen (secondary N) is 1. The molecule has 0 atom stereocenters. The van der Waals surface area contributed by atoms with Crippen LogP contribution in [0.5, 0.6) is 0 Å². The Kier molecular flexibility index (Phi) is 3.38. The van der Waals surface area contributed by atoms with Crippen molar-refractivity contribution in [1.82, 2.24) is 0 Å². The van der Waals surface area contributed by atoms with E-state index in [0.717, 1.165) is 17.7 Å². The maximum atomic E-state index is 5.78. The third kappa shape index (κ3) is 2.44. The average molecular weight is 248 g/mol. The Morgan fingerprint density at radius 2 is 2.18 bits per heavy atom. The van der Waals surface area contributed by atoms with Crippen LogP contribution in [0.3, 0.4) is 0 Å². The lowest BCUT2D eigenvalue weighted by atomic mass is 9.74. The molecule has 3 heteroatoms. The van der Waals surface area contributed by atoms with Gasteiger partial charge in [-0.1, -0.05) is 25.2 Å². The van der Waals surface area contributed by atoms with E-state index >= 15 is 0 Å². The second-order valence-corrected chi connectivity index (χ2v) is 5.47. The molecule has 1 fully saturated rings. The molecule has 2 rings (SSSR count). The van der Waals surface area contributed by atoms with Gasteiger partial charge in [0.15, 0.2) is 0 Å². The van der Waals surface area contributed by atoms with E-state index in [4.69, 9.17) is 18.0 Å². The van der Waals surface area contributed by atoms with Crippen LogP contribution in [0.1, 0.15) is 43.7 Å². The zero-order valence-corrected chi connectivity index (χ0v) is 11.4. The van der Waals surface area contributed by atoms with Crippen molar-refractivity contribution in [3.05, 3.63) is 29.3 Å². The van der Waals surface area contributed by atoms with E-state index in [1.54, 1.807) is 0 Å². The normalized spacial score (nSPS) is 17.3. The summed E-state index contributed by atoms with van der Waals surface area (Å²) in [5.74, 6) is 0. The van der Waals surface area contributed by atoms with Crippen molar-refractivity contribution in [3.63, 3.8) is 0 Å². The van der Waals surface area contributed by atoms with Crippen molar-refractivity contribution in [3.8, 4) is 0 Å². The van der Waals surface area contributed by atoms with Gasteiger partial charge in [0.25, 0.3) is 0 Å². The molecule has 0 aromatic heterocycles. The van der Waals surface area contributed by atoms with Crippen LogP contribution in [0.25, 0.3) is 0 Å². The van der Waals surface area contributed by atoms with E-state index in [2.05, 4.69) is 31.3 Å². The number of rotatable bonds is 4. The fraction of sp³-hybridized carbons (Fsp3) is 0.500. The second kappa shape index (κ2) is 4.65. The summed E-state index contributed by atoms with van der Waals surface area (Å²) in [4.78, 5) is 0.470. The standard InChI is InChI=1S/C14H20N2S/c1-3-14(7-4-8-14)16-12-9-10(2)5-6-11(12)13(15)17/h5-6,9,16H,3-4,7-8H2,1-2H3,(H2,15,17). The highest BCUT2D eigenvalue weighted by atomic mass is 32.1. The number of hydrogen-bond donors (Lipinski definition) is 2. The molecule has 0 spiro atoms. The van der Waals surface area contributed by atoms with Crippen LogP contribution >= 0.6 is 12.2 Å². The molecular formula is C14H20N2S. The van der Waals surface area contributed by atoms with Gasteiger partial charge in [0, 0.05) is 16.8 Å². The fourth-order valence-corrected chi connectivity index (χ4v) is 2.61. The molecule has 17 heavy (non-hydrogen) atoms. The molecule has 1 aliphatic rings. The lowest BCUT2D eigenvalue weighted by Gasteiger charge is -2.43. The van der Waals surface area contributed by atoms with Gasteiger partial charge in [-0.25, -0.2) is 0 Å². The highest BCUT2D eigenvalue weighted by Crippen LogP contribution is 2.38. The van der Waals surface area contributed by atoms with Gasteiger partial charge >= 0.3 is 0 Å². The number of benzene rings is 1. The third-order valence-electron chi connectivity index (χ3n) is 3.83. The predicted molar refractivity (Wildman–Crippen MR) is 77.6 cm³/mol. The number of hydrogen-bond acceptors (Lipinski definition) is 2. The Bertz CT molecular complexity index is 430. The number of nitrogens with two attached hydrogens (primary N) is 1. The number of aryl methyl sites for hydroxylation is 1. The van der Waals surface area contributed by atoms with Crippen LogP contribution in [0, 0.1) is 6.92 Å². The lowest BCUT2D eigenvalue weighted by molar-refractivity contribution is 0.269. The van der Waals surface area contributed by atoms with Gasteiger partial charge in [-0.15, -0.1) is 0 Å². The van der Waals surface area contributed by atoms with Gasteiger partial charge in [-0.05, 0) is 50.3 Å². The lowest BCUT2D eigenvalue weighted by Crippen LogP contribution is -2.44. The molecule has 0 radical (unpaired) electrons. The van der Waals surface area contributed by atoms with E-state index in [-0.39, 0.29) is 5.54 Å². The number of anilines is 1. The molecule has 0 unspecified atom stereocenters.